The normalized spacial score (nSPS) is 22.7. The van der Waals surface area contributed by atoms with Crippen LogP contribution in [0.1, 0.15) is 18.4 Å². The van der Waals surface area contributed by atoms with Crippen LogP contribution in [-0.4, -0.2) is 73.7 Å². The van der Waals surface area contributed by atoms with Gasteiger partial charge in [0.05, 0.1) is 0 Å². The van der Waals surface area contributed by atoms with Gasteiger partial charge in [0.2, 0.25) is 5.91 Å². The van der Waals surface area contributed by atoms with Crippen molar-refractivity contribution in [2.24, 2.45) is 4.40 Å². The fraction of sp³-hybridized carbons (Fsp3) is 0.381. The molecule has 0 N–H and O–H groups in total. The molecule has 2 fully saturated rings. The second-order valence-electron chi connectivity index (χ2n) is 7.74. The third-order valence-electron chi connectivity index (χ3n) is 5.99. The molecule has 5 rings (SSSR count). The molecule has 8 nitrogen and oxygen atoms in total. The summed E-state index contributed by atoms with van der Waals surface area (Å²) in [6.07, 6.45) is 3.32. The molecule has 0 saturated carbocycles. The zero-order valence-electron chi connectivity index (χ0n) is 16.5. The van der Waals surface area contributed by atoms with Crippen molar-refractivity contribution in [2.45, 2.75) is 23.8 Å². The SMILES string of the molecule is O=C(C1CCCN1C1=NS(=O)(=O)c2ccccc21)N1CCN(c2ccccn2)CC1. The minimum absolute atomic E-state index is 0.0534. The van der Waals surface area contributed by atoms with Crippen molar-refractivity contribution in [1.82, 2.24) is 14.8 Å². The molecule has 30 heavy (non-hydrogen) atoms. The average Bonchev–Trinajstić information content (AvgIpc) is 3.37. The molecule has 2 saturated heterocycles. The highest BCUT2D eigenvalue weighted by Gasteiger charge is 2.41. The lowest BCUT2D eigenvalue weighted by Crippen LogP contribution is -2.54. The lowest BCUT2D eigenvalue weighted by molar-refractivity contribution is -0.135. The lowest BCUT2D eigenvalue weighted by Gasteiger charge is -2.38. The molecule has 1 aromatic heterocycles. The van der Waals surface area contributed by atoms with Crippen LogP contribution in [0.3, 0.4) is 0 Å². The van der Waals surface area contributed by atoms with Crippen LogP contribution in [0.15, 0.2) is 58.0 Å². The highest BCUT2D eigenvalue weighted by atomic mass is 32.2. The molecule has 3 aliphatic rings. The van der Waals surface area contributed by atoms with E-state index in [0.717, 1.165) is 25.3 Å². The molecule has 0 radical (unpaired) electrons. The molecule has 156 valence electrons. The number of hydrogen-bond donors (Lipinski definition) is 0. The first-order valence-corrected chi connectivity index (χ1v) is 11.6. The Morgan fingerprint density at radius 3 is 2.50 bits per heavy atom. The first kappa shape index (κ1) is 19.0. The number of anilines is 1. The molecule has 1 atom stereocenters. The van der Waals surface area contributed by atoms with Gasteiger partial charge in [0.15, 0.2) is 5.84 Å². The summed E-state index contributed by atoms with van der Waals surface area (Å²) in [7, 11) is -3.70. The van der Waals surface area contributed by atoms with Gasteiger partial charge in [-0.3, -0.25) is 4.79 Å². The zero-order valence-corrected chi connectivity index (χ0v) is 17.3. The third-order valence-corrected chi connectivity index (χ3v) is 7.31. The minimum Gasteiger partial charge on any atom is -0.353 e. The molecule has 1 aromatic carbocycles. The Kier molecular flexibility index (Phi) is 4.69. The number of pyridine rings is 1. The molecule has 9 heteroatoms. The van der Waals surface area contributed by atoms with E-state index < -0.39 is 10.0 Å². The number of carbonyl (C=O) groups excluding carboxylic acids is 1. The predicted molar refractivity (Wildman–Crippen MR) is 113 cm³/mol. The fourth-order valence-corrected chi connectivity index (χ4v) is 5.70. The summed E-state index contributed by atoms with van der Waals surface area (Å²) in [6.45, 7) is 3.34. The largest absolute Gasteiger partial charge is 0.353 e. The second kappa shape index (κ2) is 7.39. The lowest BCUT2D eigenvalue weighted by atomic mass is 10.1. The zero-order chi connectivity index (χ0) is 20.7. The Labute approximate surface area is 175 Å². The number of rotatable bonds is 2. The van der Waals surface area contributed by atoms with Crippen molar-refractivity contribution >= 4 is 27.6 Å². The Morgan fingerprint density at radius 2 is 1.73 bits per heavy atom. The summed E-state index contributed by atoms with van der Waals surface area (Å²) >= 11 is 0. The van der Waals surface area contributed by atoms with Gasteiger partial charge >= 0.3 is 0 Å². The van der Waals surface area contributed by atoms with E-state index in [1.807, 2.05) is 28.0 Å². The van der Waals surface area contributed by atoms with Gasteiger partial charge in [-0.1, -0.05) is 18.2 Å². The van der Waals surface area contributed by atoms with Gasteiger partial charge in [-0.2, -0.15) is 8.42 Å². The van der Waals surface area contributed by atoms with Crippen LogP contribution in [0.2, 0.25) is 0 Å². The van der Waals surface area contributed by atoms with Crippen LogP contribution in [0, 0.1) is 0 Å². The Bertz CT molecular complexity index is 1090. The van der Waals surface area contributed by atoms with Crippen LogP contribution in [0.25, 0.3) is 0 Å². The smallest absolute Gasteiger partial charge is 0.285 e. The van der Waals surface area contributed by atoms with Crippen molar-refractivity contribution in [3.8, 4) is 0 Å². The minimum atomic E-state index is -3.70. The molecule has 2 aromatic rings. The number of amidine groups is 1. The van der Waals surface area contributed by atoms with Gasteiger partial charge in [-0.05, 0) is 37.1 Å². The summed E-state index contributed by atoms with van der Waals surface area (Å²) < 4.78 is 28.9. The van der Waals surface area contributed by atoms with E-state index in [-0.39, 0.29) is 16.8 Å². The first-order valence-electron chi connectivity index (χ1n) is 10.2. The summed E-state index contributed by atoms with van der Waals surface area (Å²) in [5.74, 6) is 1.39. The van der Waals surface area contributed by atoms with E-state index in [1.54, 1.807) is 30.5 Å². The number of likely N-dealkylation sites (tertiary alicyclic amines) is 1. The molecule has 1 unspecified atom stereocenters. The Balaban J connectivity index is 1.32. The summed E-state index contributed by atoms with van der Waals surface area (Å²) in [5, 5.41) is 0. The van der Waals surface area contributed by atoms with Crippen LogP contribution in [-0.2, 0) is 14.8 Å². The summed E-state index contributed by atoms with van der Waals surface area (Å²) in [5.41, 5.74) is 0.595. The molecular weight excluding hydrogens is 402 g/mol. The number of aromatic nitrogens is 1. The molecule has 0 bridgehead atoms. The number of benzene rings is 1. The molecule has 0 aliphatic carbocycles. The van der Waals surface area contributed by atoms with E-state index in [0.29, 0.717) is 37.5 Å². The quantitative estimate of drug-likeness (QED) is 0.722. The van der Waals surface area contributed by atoms with Gasteiger partial charge < -0.3 is 14.7 Å². The predicted octanol–water partition coefficient (Wildman–Crippen LogP) is 1.34. The van der Waals surface area contributed by atoms with Crippen molar-refractivity contribution < 1.29 is 13.2 Å². The number of fused-ring (bicyclic) bond motifs is 1. The molecular formula is C21H23N5O3S. The third kappa shape index (κ3) is 3.23. The summed E-state index contributed by atoms with van der Waals surface area (Å²) in [4.78, 5) is 23.9. The van der Waals surface area contributed by atoms with Gasteiger partial charge in [0, 0.05) is 44.5 Å². The van der Waals surface area contributed by atoms with Gasteiger partial charge in [0.25, 0.3) is 10.0 Å². The van der Waals surface area contributed by atoms with E-state index >= 15 is 0 Å². The fourth-order valence-electron chi connectivity index (χ4n) is 4.48. The summed E-state index contributed by atoms with van der Waals surface area (Å²) in [6, 6.07) is 12.3. The average molecular weight is 426 g/mol. The second-order valence-corrected chi connectivity index (χ2v) is 9.31. The maximum Gasteiger partial charge on any atom is 0.285 e. The number of amides is 1. The van der Waals surface area contributed by atoms with E-state index in [2.05, 4.69) is 14.3 Å². The van der Waals surface area contributed by atoms with Crippen LogP contribution in [0.4, 0.5) is 5.82 Å². The molecule has 3 aliphatic heterocycles. The Hall–Kier alpha value is -2.94. The van der Waals surface area contributed by atoms with E-state index in [9.17, 15) is 13.2 Å². The van der Waals surface area contributed by atoms with Crippen LogP contribution < -0.4 is 4.90 Å². The number of nitrogens with zero attached hydrogens (tertiary/aromatic N) is 5. The standard InChI is InChI=1S/C21H23N5O3S/c27-21(25-14-12-24(13-15-25)19-9-3-4-10-22-19)17-7-5-11-26(17)20-16-6-1-2-8-18(16)30(28,29)23-20/h1-4,6,8-10,17H,5,7,11-15H2. The van der Waals surface area contributed by atoms with Crippen molar-refractivity contribution in [3.63, 3.8) is 0 Å². The molecule has 0 spiro atoms. The van der Waals surface area contributed by atoms with Gasteiger partial charge in [-0.25, -0.2) is 4.98 Å². The first-order chi connectivity index (χ1) is 14.5. The van der Waals surface area contributed by atoms with Gasteiger partial charge in [0.1, 0.15) is 16.8 Å². The molecule has 4 heterocycles. The monoisotopic (exact) mass is 425 g/mol. The topological polar surface area (TPSA) is 86.2 Å². The number of carbonyl (C=O) groups is 1. The highest BCUT2D eigenvalue weighted by molar-refractivity contribution is 7.90. The maximum atomic E-state index is 13.3. The van der Waals surface area contributed by atoms with Crippen LogP contribution >= 0.6 is 0 Å². The maximum absolute atomic E-state index is 13.3. The number of sulfonamides is 1. The number of piperazine rings is 1. The van der Waals surface area contributed by atoms with E-state index in [4.69, 9.17) is 0 Å². The van der Waals surface area contributed by atoms with Crippen molar-refractivity contribution in [3.05, 3.63) is 54.2 Å². The van der Waals surface area contributed by atoms with Crippen molar-refractivity contribution in [2.75, 3.05) is 37.6 Å². The van der Waals surface area contributed by atoms with Crippen molar-refractivity contribution in [1.29, 1.82) is 0 Å². The highest BCUT2D eigenvalue weighted by Crippen LogP contribution is 2.31. The molecule has 1 amide bonds. The van der Waals surface area contributed by atoms with Crippen LogP contribution in [0.5, 0.6) is 0 Å². The Morgan fingerprint density at radius 1 is 0.967 bits per heavy atom. The number of hydrogen-bond acceptors (Lipinski definition) is 6. The van der Waals surface area contributed by atoms with Gasteiger partial charge in [-0.15, -0.1) is 4.40 Å². The van der Waals surface area contributed by atoms with E-state index in [1.165, 1.54) is 0 Å².